The average molecular weight is 207 g/mol. The van der Waals surface area contributed by atoms with Crippen molar-refractivity contribution in [3.8, 4) is 0 Å². The van der Waals surface area contributed by atoms with Crippen molar-refractivity contribution in [2.75, 3.05) is 5.32 Å². The van der Waals surface area contributed by atoms with Gasteiger partial charge in [0.15, 0.2) is 0 Å². The van der Waals surface area contributed by atoms with E-state index in [1.54, 1.807) is 17.9 Å². The van der Waals surface area contributed by atoms with Crippen LogP contribution in [0.3, 0.4) is 0 Å². The Bertz CT molecular complexity index is 441. The third-order valence-electron chi connectivity index (χ3n) is 2.01. The zero-order valence-electron chi connectivity index (χ0n) is 8.92. The maximum atomic E-state index is 4.20. The summed E-state index contributed by atoms with van der Waals surface area (Å²) in [5.41, 5.74) is 0.876. The van der Waals surface area contributed by atoms with Gasteiger partial charge in [-0.25, -0.2) is 4.68 Å². The Kier molecular flexibility index (Phi) is 2.36. The number of hydrogen-bond acceptors (Lipinski definition) is 5. The Hall–Kier alpha value is -1.92. The number of aryl methyl sites for hydroxylation is 1. The second-order valence-electron chi connectivity index (χ2n) is 3.55. The summed E-state index contributed by atoms with van der Waals surface area (Å²) in [6.45, 7) is 4.14. The molecule has 2 heterocycles. The molecule has 0 amide bonds. The van der Waals surface area contributed by atoms with Crippen molar-refractivity contribution in [3.63, 3.8) is 0 Å². The first-order chi connectivity index (χ1) is 7.16. The monoisotopic (exact) mass is 207 g/mol. The minimum absolute atomic E-state index is 0.346. The van der Waals surface area contributed by atoms with Gasteiger partial charge in [-0.1, -0.05) is 5.10 Å². The van der Waals surface area contributed by atoms with Crippen molar-refractivity contribution in [1.29, 1.82) is 0 Å². The molecule has 1 N–H and O–H groups in total. The maximum Gasteiger partial charge on any atom is 0.247 e. The zero-order chi connectivity index (χ0) is 10.8. The normalized spacial score (nSPS) is 10.9. The number of hydrogen-bond donors (Lipinski definition) is 1. The smallest absolute Gasteiger partial charge is 0.247 e. The Morgan fingerprint density at radius 1 is 1.40 bits per heavy atom. The highest BCUT2D eigenvalue weighted by atomic mass is 15.6. The molecule has 0 atom stereocenters. The van der Waals surface area contributed by atoms with Crippen LogP contribution in [0.2, 0.25) is 0 Å². The third kappa shape index (κ3) is 1.95. The van der Waals surface area contributed by atoms with Crippen LogP contribution in [0.5, 0.6) is 0 Å². The predicted octanol–water partition coefficient (Wildman–Crippen LogP) is 0.731. The van der Waals surface area contributed by atoms with Gasteiger partial charge in [-0.2, -0.15) is 5.10 Å². The molecule has 2 rings (SSSR count). The quantitative estimate of drug-likeness (QED) is 0.803. The molecule has 0 saturated heterocycles. The Morgan fingerprint density at radius 2 is 2.20 bits per heavy atom. The van der Waals surface area contributed by atoms with Gasteiger partial charge in [0.1, 0.15) is 0 Å². The van der Waals surface area contributed by atoms with Gasteiger partial charge < -0.3 is 5.32 Å². The first-order valence-corrected chi connectivity index (χ1v) is 4.70. The molecule has 0 aromatic carbocycles. The second kappa shape index (κ2) is 3.68. The van der Waals surface area contributed by atoms with Gasteiger partial charge in [0.2, 0.25) is 5.95 Å². The Morgan fingerprint density at radius 3 is 2.73 bits per heavy atom. The van der Waals surface area contributed by atoms with E-state index in [0.717, 1.165) is 5.69 Å². The summed E-state index contributed by atoms with van der Waals surface area (Å²) in [6, 6.07) is 0.346. The SMILES string of the molecule is CC(C)n1cc(Nc2nnnn2C)cn1. The zero-order valence-corrected chi connectivity index (χ0v) is 8.92. The summed E-state index contributed by atoms with van der Waals surface area (Å²) >= 11 is 0. The fraction of sp³-hybridized carbons (Fsp3) is 0.500. The van der Waals surface area contributed by atoms with E-state index in [-0.39, 0.29) is 0 Å². The molecule has 2 aromatic rings. The second-order valence-corrected chi connectivity index (χ2v) is 3.55. The van der Waals surface area contributed by atoms with Crippen molar-refractivity contribution in [2.24, 2.45) is 7.05 Å². The highest BCUT2D eigenvalue weighted by Gasteiger charge is 2.05. The minimum atomic E-state index is 0.346. The molecule has 80 valence electrons. The van der Waals surface area contributed by atoms with E-state index >= 15 is 0 Å². The average Bonchev–Trinajstić information content (AvgIpc) is 2.77. The van der Waals surface area contributed by atoms with Gasteiger partial charge in [-0.05, 0) is 24.3 Å². The van der Waals surface area contributed by atoms with Gasteiger partial charge in [0.05, 0.1) is 11.9 Å². The summed E-state index contributed by atoms with van der Waals surface area (Å²) in [6.07, 6.45) is 3.66. The lowest BCUT2D eigenvalue weighted by molar-refractivity contribution is 0.532. The lowest BCUT2D eigenvalue weighted by Gasteiger charge is -2.03. The highest BCUT2D eigenvalue weighted by Crippen LogP contribution is 2.13. The van der Waals surface area contributed by atoms with Gasteiger partial charge in [-0.3, -0.25) is 4.68 Å². The Labute approximate surface area is 87.1 Å². The van der Waals surface area contributed by atoms with E-state index in [2.05, 4.69) is 39.8 Å². The number of aromatic nitrogens is 6. The van der Waals surface area contributed by atoms with Crippen LogP contribution in [-0.4, -0.2) is 30.0 Å². The standard InChI is InChI=1S/C8H13N7/c1-6(2)15-5-7(4-9-15)10-8-11-12-13-14(8)3/h4-6H,1-3H3,(H,10,11,13). The van der Waals surface area contributed by atoms with Crippen LogP contribution in [-0.2, 0) is 7.05 Å². The van der Waals surface area contributed by atoms with Crippen LogP contribution in [0, 0.1) is 0 Å². The molecule has 0 radical (unpaired) electrons. The van der Waals surface area contributed by atoms with Crippen molar-refractivity contribution in [3.05, 3.63) is 12.4 Å². The fourth-order valence-electron chi connectivity index (χ4n) is 1.15. The van der Waals surface area contributed by atoms with E-state index in [1.807, 2.05) is 10.9 Å². The van der Waals surface area contributed by atoms with Crippen LogP contribution in [0.25, 0.3) is 0 Å². The number of rotatable bonds is 3. The van der Waals surface area contributed by atoms with Crippen molar-refractivity contribution in [1.82, 2.24) is 30.0 Å². The molecule has 2 aromatic heterocycles. The lowest BCUT2D eigenvalue weighted by Crippen LogP contribution is -2.01. The van der Waals surface area contributed by atoms with Gasteiger partial charge >= 0.3 is 0 Å². The molecule has 0 aliphatic rings. The van der Waals surface area contributed by atoms with Crippen LogP contribution in [0.4, 0.5) is 11.6 Å². The van der Waals surface area contributed by atoms with E-state index in [1.165, 1.54) is 0 Å². The van der Waals surface area contributed by atoms with Crippen LogP contribution >= 0.6 is 0 Å². The largest absolute Gasteiger partial charge is 0.320 e. The topological polar surface area (TPSA) is 73.5 Å². The van der Waals surface area contributed by atoms with Crippen molar-refractivity contribution in [2.45, 2.75) is 19.9 Å². The van der Waals surface area contributed by atoms with Crippen LogP contribution < -0.4 is 5.32 Å². The minimum Gasteiger partial charge on any atom is -0.320 e. The third-order valence-corrected chi connectivity index (χ3v) is 2.01. The summed E-state index contributed by atoms with van der Waals surface area (Å²) in [7, 11) is 1.77. The van der Waals surface area contributed by atoms with Gasteiger partial charge in [0.25, 0.3) is 0 Å². The summed E-state index contributed by atoms with van der Waals surface area (Å²) < 4.78 is 3.43. The Balaban J connectivity index is 2.15. The first kappa shape index (κ1) is 9.63. The van der Waals surface area contributed by atoms with E-state index in [0.29, 0.717) is 12.0 Å². The highest BCUT2D eigenvalue weighted by molar-refractivity contribution is 5.49. The molecule has 0 unspecified atom stereocenters. The maximum absolute atomic E-state index is 4.20. The molecule has 0 aliphatic heterocycles. The van der Waals surface area contributed by atoms with Crippen molar-refractivity contribution >= 4 is 11.6 Å². The van der Waals surface area contributed by atoms with Gasteiger partial charge in [0, 0.05) is 19.3 Å². The fourth-order valence-corrected chi connectivity index (χ4v) is 1.15. The number of tetrazole rings is 1. The molecule has 7 nitrogen and oxygen atoms in total. The van der Waals surface area contributed by atoms with E-state index in [9.17, 15) is 0 Å². The lowest BCUT2D eigenvalue weighted by atomic mass is 10.4. The van der Waals surface area contributed by atoms with Crippen molar-refractivity contribution < 1.29 is 0 Å². The molecule has 15 heavy (non-hydrogen) atoms. The number of nitrogens with one attached hydrogen (secondary N) is 1. The molecular weight excluding hydrogens is 194 g/mol. The summed E-state index contributed by atoms with van der Waals surface area (Å²) in [4.78, 5) is 0. The molecule has 0 spiro atoms. The van der Waals surface area contributed by atoms with E-state index < -0.39 is 0 Å². The first-order valence-electron chi connectivity index (χ1n) is 4.70. The van der Waals surface area contributed by atoms with Crippen LogP contribution in [0.1, 0.15) is 19.9 Å². The summed E-state index contributed by atoms with van der Waals surface area (Å²) in [5, 5.41) is 18.3. The molecule has 0 saturated carbocycles. The van der Waals surface area contributed by atoms with E-state index in [4.69, 9.17) is 0 Å². The predicted molar refractivity (Wildman–Crippen MR) is 54.7 cm³/mol. The van der Waals surface area contributed by atoms with Gasteiger partial charge in [-0.15, -0.1) is 0 Å². The molecule has 0 bridgehead atoms. The molecule has 0 fully saturated rings. The van der Waals surface area contributed by atoms with Crippen LogP contribution in [0.15, 0.2) is 12.4 Å². The summed E-state index contributed by atoms with van der Waals surface area (Å²) in [5.74, 6) is 0.596. The molecular formula is C8H13N7. The molecule has 7 heteroatoms. The number of anilines is 2. The molecule has 0 aliphatic carbocycles. The number of nitrogens with zero attached hydrogens (tertiary/aromatic N) is 6.